The number of hydrogen-bond acceptors (Lipinski definition) is 11. The van der Waals surface area contributed by atoms with Crippen molar-refractivity contribution in [2.24, 2.45) is 0 Å². The number of nitrogens with one attached hydrogen (secondary N) is 2. The molecule has 14 heteroatoms. The van der Waals surface area contributed by atoms with Crippen LogP contribution in [-0.2, 0) is 35.4 Å². The highest BCUT2D eigenvalue weighted by molar-refractivity contribution is 8.09. The fourth-order valence-corrected chi connectivity index (χ4v) is 6.28. The van der Waals surface area contributed by atoms with Gasteiger partial charge in [0.25, 0.3) is 0 Å². The standard InChI is InChI=1S/C24H34N3O9PS/c1-14(2)24(32)20(29)18(35-22(24)27-12-11-19(28)25-23(27)31)13-33-37(38,36-17-9-7-6-8-10-17)26-16(5)21(30)34-15(3)4/h6-12,15-16,18,20,22-23,29,31-32H,1,13H2,2-5H3,(H,25,28)(H,26,38). The normalized spacial score (nSPS) is 29.5. The van der Waals surface area contributed by atoms with E-state index in [2.05, 4.69) is 17.0 Å². The van der Waals surface area contributed by atoms with E-state index in [1.54, 1.807) is 51.1 Å². The predicted molar refractivity (Wildman–Crippen MR) is 141 cm³/mol. The van der Waals surface area contributed by atoms with Gasteiger partial charge in [-0.1, -0.05) is 24.8 Å². The number of ether oxygens (including phenoxy) is 2. The number of esters is 1. The summed E-state index contributed by atoms with van der Waals surface area (Å²) >= 11 is 5.68. The minimum Gasteiger partial charge on any atom is -0.462 e. The lowest BCUT2D eigenvalue weighted by Crippen LogP contribution is -2.61. The van der Waals surface area contributed by atoms with Crippen molar-refractivity contribution in [1.29, 1.82) is 0 Å². The first kappa shape index (κ1) is 30.2. The van der Waals surface area contributed by atoms with Crippen molar-refractivity contribution >= 4 is 30.3 Å². The molecule has 0 aromatic heterocycles. The molecule has 0 aliphatic carbocycles. The van der Waals surface area contributed by atoms with Crippen molar-refractivity contribution < 1.29 is 43.4 Å². The second-order valence-corrected chi connectivity index (χ2v) is 12.4. The molecule has 1 aromatic carbocycles. The Bertz CT molecular complexity index is 1100. The highest BCUT2D eigenvalue weighted by Gasteiger charge is 2.59. The molecule has 0 radical (unpaired) electrons. The number of para-hydroxylation sites is 1. The Hall–Kier alpha value is -2.35. The van der Waals surface area contributed by atoms with Crippen LogP contribution in [0.15, 0.2) is 54.8 Å². The SMILES string of the molecule is C=C(C)C1(O)C(O)C(COP(=S)(NC(C)C(=O)OC(C)C)Oc2ccccc2)OC1N1C=CC(=O)NC1O. The van der Waals surface area contributed by atoms with Crippen LogP contribution in [0.2, 0.25) is 0 Å². The van der Waals surface area contributed by atoms with Gasteiger partial charge in [0.05, 0.1) is 12.7 Å². The van der Waals surface area contributed by atoms with E-state index in [1.807, 2.05) is 0 Å². The first-order valence-corrected chi connectivity index (χ1v) is 14.5. The fourth-order valence-electron chi connectivity index (χ4n) is 3.86. The Morgan fingerprint density at radius 1 is 1.32 bits per heavy atom. The largest absolute Gasteiger partial charge is 0.462 e. The number of amides is 1. The lowest BCUT2D eigenvalue weighted by Gasteiger charge is -2.41. The van der Waals surface area contributed by atoms with E-state index in [4.69, 9.17) is 30.3 Å². The third-order valence-corrected chi connectivity index (χ3v) is 8.32. The molecule has 0 spiro atoms. The number of nitrogens with zero attached hydrogens (tertiary/aromatic N) is 1. The van der Waals surface area contributed by atoms with Gasteiger partial charge < -0.3 is 44.1 Å². The summed E-state index contributed by atoms with van der Waals surface area (Å²) in [6, 6.07) is 7.71. The zero-order valence-corrected chi connectivity index (χ0v) is 23.2. The van der Waals surface area contributed by atoms with Crippen molar-refractivity contribution in [2.75, 3.05) is 6.61 Å². The second kappa shape index (κ2) is 12.2. The molecule has 7 unspecified atom stereocenters. The molecule has 2 aliphatic rings. The van der Waals surface area contributed by atoms with Gasteiger partial charge in [-0.2, -0.15) is 0 Å². The molecule has 0 bridgehead atoms. The number of carbonyl (C=O) groups excluding carboxylic acids is 2. The molecule has 2 heterocycles. The van der Waals surface area contributed by atoms with Crippen molar-refractivity contribution in [1.82, 2.24) is 15.3 Å². The van der Waals surface area contributed by atoms with E-state index in [-0.39, 0.29) is 18.3 Å². The topological polar surface area (TPSA) is 159 Å². The average molecular weight is 572 g/mol. The molecule has 7 atom stereocenters. The number of hydrogen-bond donors (Lipinski definition) is 5. The van der Waals surface area contributed by atoms with Gasteiger partial charge in [-0.05, 0) is 57.2 Å². The molecular formula is C24H34N3O9PS. The Kier molecular flexibility index (Phi) is 9.71. The minimum atomic E-state index is -3.46. The summed E-state index contributed by atoms with van der Waals surface area (Å²) < 4.78 is 23.1. The Morgan fingerprint density at radius 3 is 2.55 bits per heavy atom. The van der Waals surface area contributed by atoms with Crippen LogP contribution in [0.5, 0.6) is 5.75 Å². The van der Waals surface area contributed by atoms with Crippen molar-refractivity contribution in [2.45, 2.75) is 70.2 Å². The lowest BCUT2D eigenvalue weighted by molar-refractivity contribution is -0.168. The maximum Gasteiger partial charge on any atom is 0.323 e. The zero-order chi connectivity index (χ0) is 28.3. The first-order valence-electron chi connectivity index (χ1n) is 11.9. The van der Waals surface area contributed by atoms with Crippen molar-refractivity contribution in [3.8, 4) is 5.75 Å². The Balaban J connectivity index is 1.82. The molecule has 1 amide bonds. The molecule has 38 heavy (non-hydrogen) atoms. The highest BCUT2D eigenvalue weighted by Crippen LogP contribution is 2.47. The van der Waals surface area contributed by atoms with E-state index in [0.717, 1.165) is 11.0 Å². The Morgan fingerprint density at radius 2 is 1.97 bits per heavy atom. The summed E-state index contributed by atoms with van der Waals surface area (Å²) in [5.74, 6) is -0.716. The highest BCUT2D eigenvalue weighted by atomic mass is 32.5. The van der Waals surface area contributed by atoms with Gasteiger partial charge in [0, 0.05) is 12.3 Å². The summed E-state index contributed by atoms with van der Waals surface area (Å²) in [5.41, 5.74) is -1.90. The monoisotopic (exact) mass is 571 g/mol. The molecule has 210 valence electrons. The molecule has 5 N–H and O–H groups in total. The van der Waals surface area contributed by atoms with Gasteiger partial charge in [0.15, 0.2) is 11.8 Å². The summed E-state index contributed by atoms with van der Waals surface area (Å²) in [6.45, 7) is 6.43. The fraction of sp³-hybridized carbons (Fsp3) is 0.500. The zero-order valence-electron chi connectivity index (χ0n) is 21.5. The maximum atomic E-state index is 12.4. The summed E-state index contributed by atoms with van der Waals surface area (Å²) in [5, 5.41) is 38.0. The molecule has 3 rings (SSSR count). The molecule has 12 nitrogen and oxygen atoms in total. The van der Waals surface area contributed by atoms with Gasteiger partial charge in [0.1, 0.15) is 24.0 Å². The first-order chi connectivity index (χ1) is 17.8. The minimum absolute atomic E-state index is 0.151. The second-order valence-electron chi connectivity index (χ2n) is 9.26. The predicted octanol–water partition coefficient (Wildman–Crippen LogP) is 0.851. The van der Waals surface area contributed by atoms with Crippen LogP contribution in [0.3, 0.4) is 0 Å². The van der Waals surface area contributed by atoms with E-state index < -0.39 is 54.9 Å². The van der Waals surface area contributed by atoms with Gasteiger partial charge in [0.2, 0.25) is 12.3 Å². The number of benzene rings is 1. The molecule has 1 saturated heterocycles. The summed E-state index contributed by atoms with van der Waals surface area (Å²) in [7, 11) is 0. The van der Waals surface area contributed by atoms with E-state index in [0.29, 0.717) is 5.75 Å². The molecule has 1 aromatic rings. The van der Waals surface area contributed by atoms with Crippen LogP contribution >= 0.6 is 6.64 Å². The van der Waals surface area contributed by atoms with Crippen LogP contribution < -0.4 is 14.9 Å². The molecule has 0 saturated carbocycles. The van der Waals surface area contributed by atoms with Gasteiger partial charge >= 0.3 is 12.6 Å². The van der Waals surface area contributed by atoms with Crippen molar-refractivity contribution in [3.05, 3.63) is 54.8 Å². The van der Waals surface area contributed by atoms with Gasteiger partial charge in [-0.15, -0.1) is 0 Å². The number of aliphatic hydroxyl groups is 3. The van der Waals surface area contributed by atoms with Gasteiger partial charge in [-0.3, -0.25) is 9.59 Å². The third kappa shape index (κ3) is 6.80. The van der Waals surface area contributed by atoms with E-state index in [9.17, 15) is 24.9 Å². The van der Waals surface area contributed by atoms with Gasteiger partial charge in [-0.25, -0.2) is 5.09 Å². The van der Waals surface area contributed by atoms with Crippen LogP contribution in [-0.4, -0.2) is 81.2 Å². The van der Waals surface area contributed by atoms with Crippen LogP contribution in [0.1, 0.15) is 27.7 Å². The third-order valence-electron chi connectivity index (χ3n) is 5.82. The summed E-state index contributed by atoms with van der Waals surface area (Å²) in [6.07, 6.45) is -3.56. The van der Waals surface area contributed by atoms with Crippen LogP contribution in [0, 0.1) is 0 Å². The number of rotatable bonds is 11. The van der Waals surface area contributed by atoms with Crippen molar-refractivity contribution in [3.63, 3.8) is 0 Å². The smallest absolute Gasteiger partial charge is 0.323 e. The summed E-state index contributed by atoms with van der Waals surface area (Å²) in [4.78, 5) is 25.1. The average Bonchev–Trinajstić information content (AvgIpc) is 3.09. The molecule has 1 fully saturated rings. The number of aliphatic hydroxyl groups excluding tert-OH is 2. The maximum absolute atomic E-state index is 12.4. The van der Waals surface area contributed by atoms with E-state index >= 15 is 0 Å². The Labute approximate surface area is 226 Å². The van der Waals surface area contributed by atoms with E-state index in [1.165, 1.54) is 13.1 Å². The lowest BCUT2D eigenvalue weighted by atomic mass is 9.87. The quantitative estimate of drug-likeness (QED) is 0.145. The molecule has 2 aliphatic heterocycles. The number of carbonyl (C=O) groups is 2. The van der Waals surface area contributed by atoms with Crippen LogP contribution in [0.25, 0.3) is 0 Å². The van der Waals surface area contributed by atoms with Crippen LogP contribution in [0.4, 0.5) is 0 Å². The molecular weight excluding hydrogens is 537 g/mol.